The average Bonchev–Trinajstić information content (AvgIpc) is 2.72. The fourth-order valence-electron chi connectivity index (χ4n) is 2.92. The van der Waals surface area contributed by atoms with Crippen LogP contribution in [0.1, 0.15) is 36.2 Å². The Morgan fingerprint density at radius 2 is 1.83 bits per heavy atom. The lowest BCUT2D eigenvalue weighted by atomic mass is 10.1. The van der Waals surface area contributed by atoms with Crippen LogP contribution in [0.25, 0.3) is 0 Å². The molecule has 0 saturated heterocycles. The summed E-state index contributed by atoms with van der Waals surface area (Å²) >= 11 is 0. The van der Waals surface area contributed by atoms with Gasteiger partial charge in [-0.05, 0) is 50.1 Å². The zero-order valence-corrected chi connectivity index (χ0v) is 19.6. The monoisotopic (exact) mass is 509 g/mol. The summed E-state index contributed by atoms with van der Waals surface area (Å²) in [7, 11) is 0. The van der Waals surface area contributed by atoms with Gasteiger partial charge in [0, 0.05) is 37.4 Å². The Kier molecular flexibility index (Phi) is 11.8. The molecule has 6 nitrogen and oxygen atoms in total. The number of primary amides is 1. The van der Waals surface area contributed by atoms with E-state index in [4.69, 9.17) is 5.73 Å². The summed E-state index contributed by atoms with van der Waals surface area (Å²) in [6, 6.07) is 17.7. The van der Waals surface area contributed by atoms with Gasteiger partial charge >= 0.3 is 0 Å². The van der Waals surface area contributed by atoms with Crippen LogP contribution in [-0.2, 0) is 6.54 Å². The van der Waals surface area contributed by atoms with Crippen molar-refractivity contribution >= 4 is 41.5 Å². The molecule has 2 rings (SSSR count). The Balaban J connectivity index is 0.00000420. The molecule has 0 saturated carbocycles. The van der Waals surface area contributed by atoms with Crippen LogP contribution < -0.4 is 21.3 Å². The first-order valence-electron chi connectivity index (χ1n) is 9.85. The van der Waals surface area contributed by atoms with Gasteiger partial charge < -0.3 is 21.3 Å². The second-order valence-electron chi connectivity index (χ2n) is 6.46. The summed E-state index contributed by atoms with van der Waals surface area (Å²) in [5.74, 6) is 0.351. The first kappa shape index (κ1) is 24.7. The van der Waals surface area contributed by atoms with Gasteiger partial charge in [-0.1, -0.05) is 30.3 Å². The van der Waals surface area contributed by atoms with Gasteiger partial charge in [-0.15, -0.1) is 24.0 Å². The second-order valence-corrected chi connectivity index (χ2v) is 6.46. The first-order valence-corrected chi connectivity index (χ1v) is 9.85. The Hall–Kier alpha value is -2.29. The van der Waals surface area contributed by atoms with E-state index in [0.717, 1.165) is 44.1 Å². The number of para-hydroxylation sites is 1. The molecule has 0 aromatic heterocycles. The number of aliphatic imine (C=N–C) groups is 1. The number of benzene rings is 2. The third-order valence-electron chi connectivity index (χ3n) is 4.38. The van der Waals surface area contributed by atoms with Crippen LogP contribution in [0.15, 0.2) is 59.6 Å². The molecule has 0 bridgehead atoms. The van der Waals surface area contributed by atoms with Crippen molar-refractivity contribution in [3.05, 3.63) is 65.7 Å². The highest BCUT2D eigenvalue weighted by molar-refractivity contribution is 14.0. The van der Waals surface area contributed by atoms with E-state index in [0.29, 0.717) is 12.1 Å². The molecule has 0 radical (unpaired) electrons. The molecule has 0 spiro atoms. The Morgan fingerprint density at radius 1 is 1.07 bits per heavy atom. The third-order valence-corrected chi connectivity index (χ3v) is 4.38. The van der Waals surface area contributed by atoms with Crippen molar-refractivity contribution in [2.24, 2.45) is 10.7 Å². The van der Waals surface area contributed by atoms with Gasteiger partial charge in [-0.3, -0.25) is 4.79 Å². The highest BCUT2D eigenvalue weighted by atomic mass is 127. The zero-order chi connectivity index (χ0) is 20.2. The molecule has 0 heterocycles. The first-order chi connectivity index (χ1) is 13.6. The minimum absolute atomic E-state index is 0. The third kappa shape index (κ3) is 8.72. The summed E-state index contributed by atoms with van der Waals surface area (Å²) in [5.41, 5.74) is 8.05. The summed E-state index contributed by atoms with van der Waals surface area (Å²) < 4.78 is 0. The highest BCUT2D eigenvalue weighted by Gasteiger charge is 2.04. The molecule has 0 fully saturated rings. The minimum atomic E-state index is -0.422. The molecule has 2 aromatic rings. The maximum atomic E-state index is 11.3. The Morgan fingerprint density at radius 3 is 2.48 bits per heavy atom. The van der Waals surface area contributed by atoms with Crippen LogP contribution in [0, 0.1) is 0 Å². The molecule has 0 atom stereocenters. The SMILES string of the molecule is CCNC(=NCc1cccc(C(N)=O)c1)NCCCN(CC)c1ccccc1.I. The molecule has 29 heavy (non-hydrogen) atoms. The number of anilines is 1. The van der Waals surface area contributed by atoms with E-state index in [9.17, 15) is 4.79 Å². The smallest absolute Gasteiger partial charge is 0.248 e. The molecular weight excluding hydrogens is 477 g/mol. The molecule has 1 amide bonds. The number of halogens is 1. The quantitative estimate of drug-likeness (QED) is 0.199. The largest absolute Gasteiger partial charge is 0.372 e. The zero-order valence-electron chi connectivity index (χ0n) is 17.2. The number of amides is 1. The van der Waals surface area contributed by atoms with Crippen LogP contribution >= 0.6 is 24.0 Å². The summed E-state index contributed by atoms with van der Waals surface area (Å²) in [5, 5.41) is 6.64. The Labute approximate surface area is 191 Å². The highest BCUT2D eigenvalue weighted by Crippen LogP contribution is 2.12. The molecular formula is C22H32IN5O. The fourth-order valence-corrected chi connectivity index (χ4v) is 2.92. The minimum Gasteiger partial charge on any atom is -0.372 e. The summed E-state index contributed by atoms with van der Waals surface area (Å²) in [6.07, 6.45) is 1.00. The predicted octanol–water partition coefficient (Wildman–Crippen LogP) is 3.38. The maximum absolute atomic E-state index is 11.3. The van der Waals surface area contributed by atoms with Gasteiger partial charge in [0.2, 0.25) is 5.91 Å². The van der Waals surface area contributed by atoms with Crippen LogP contribution in [-0.4, -0.2) is 38.0 Å². The molecule has 0 unspecified atom stereocenters. The van der Waals surface area contributed by atoms with Gasteiger partial charge in [0.1, 0.15) is 0 Å². The summed E-state index contributed by atoms with van der Waals surface area (Å²) in [6.45, 7) is 8.28. The van der Waals surface area contributed by atoms with Gasteiger partial charge in [0.05, 0.1) is 6.54 Å². The van der Waals surface area contributed by atoms with Crippen molar-refractivity contribution in [2.45, 2.75) is 26.8 Å². The van der Waals surface area contributed by atoms with E-state index in [-0.39, 0.29) is 24.0 Å². The van der Waals surface area contributed by atoms with Crippen molar-refractivity contribution < 1.29 is 4.79 Å². The Bertz CT molecular complexity index is 767. The van der Waals surface area contributed by atoms with E-state index in [2.05, 4.69) is 51.7 Å². The topological polar surface area (TPSA) is 82.7 Å². The molecule has 2 aromatic carbocycles. The molecule has 0 aliphatic carbocycles. The maximum Gasteiger partial charge on any atom is 0.248 e. The molecule has 0 aliphatic rings. The van der Waals surface area contributed by atoms with E-state index in [1.165, 1.54) is 5.69 Å². The number of nitrogens with two attached hydrogens (primary N) is 1. The standard InChI is InChI=1S/C22H31N5O.HI/c1-3-24-22(26-17-18-10-8-11-19(16-18)21(23)28)25-14-9-15-27(4-2)20-12-6-5-7-13-20;/h5-8,10-13,16H,3-4,9,14-15,17H2,1-2H3,(H2,23,28)(H2,24,25,26);1H. The summed E-state index contributed by atoms with van der Waals surface area (Å²) in [4.78, 5) is 18.3. The van der Waals surface area contributed by atoms with E-state index >= 15 is 0 Å². The molecule has 158 valence electrons. The normalized spacial score (nSPS) is 10.8. The lowest BCUT2D eigenvalue weighted by Crippen LogP contribution is -2.38. The van der Waals surface area contributed by atoms with Crippen molar-refractivity contribution in [3.63, 3.8) is 0 Å². The van der Waals surface area contributed by atoms with Crippen molar-refractivity contribution in [3.8, 4) is 0 Å². The average molecular weight is 509 g/mol. The number of carbonyl (C=O) groups excluding carboxylic acids is 1. The van der Waals surface area contributed by atoms with Crippen LogP contribution in [0.2, 0.25) is 0 Å². The second kappa shape index (κ2) is 13.8. The van der Waals surface area contributed by atoms with Crippen LogP contribution in [0.5, 0.6) is 0 Å². The number of hydrogen-bond acceptors (Lipinski definition) is 3. The van der Waals surface area contributed by atoms with E-state index < -0.39 is 5.91 Å². The van der Waals surface area contributed by atoms with Crippen molar-refractivity contribution in [1.29, 1.82) is 0 Å². The number of hydrogen-bond donors (Lipinski definition) is 3. The van der Waals surface area contributed by atoms with Crippen LogP contribution in [0.4, 0.5) is 5.69 Å². The number of rotatable bonds is 10. The van der Waals surface area contributed by atoms with Crippen molar-refractivity contribution in [2.75, 3.05) is 31.1 Å². The van der Waals surface area contributed by atoms with Gasteiger partial charge in [0.25, 0.3) is 0 Å². The van der Waals surface area contributed by atoms with Gasteiger partial charge in [-0.25, -0.2) is 4.99 Å². The fraction of sp³-hybridized carbons (Fsp3) is 0.364. The number of guanidine groups is 1. The van der Waals surface area contributed by atoms with E-state index in [1.807, 2.05) is 25.1 Å². The van der Waals surface area contributed by atoms with Gasteiger partial charge in [0.15, 0.2) is 5.96 Å². The lowest BCUT2D eigenvalue weighted by Gasteiger charge is -2.23. The van der Waals surface area contributed by atoms with E-state index in [1.54, 1.807) is 12.1 Å². The molecule has 7 heteroatoms. The van der Waals surface area contributed by atoms with Crippen LogP contribution in [0.3, 0.4) is 0 Å². The van der Waals surface area contributed by atoms with Crippen molar-refractivity contribution in [1.82, 2.24) is 10.6 Å². The molecule has 4 N–H and O–H groups in total. The predicted molar refractivity (Wildman–Crippen MR) is 132 cm³/mol. The van der Waals surface area contributed by atoms with Gasteiger partial charge in [-0.2, -0.15) is 0 Å². The number of carbonyl (C=O) groups is 1. The number of nitrogens with zero attached hydrogens (tertiary/aromatic N) is 2. The molecule has 0 aliphatic heterocycles. The lowest BCUT2D eigenvalue weighted by molar-refractivity contribution is 0.1000. The number of nitrogens with one attached hydrogen (secondary N) is 2.